The Hall–Kier alpha value is -1.95. The van der Waals surface area contributed by atoms with E-state index in [1.165, 1.54) is 31.4 Å². The molecule has 0 spiro atoms. The molecule has 6 nitrogen and oxygen atoms in total. The number of nitrogens with zero attached hydrogens (tertiary/aromatic N) is 3. The lowest BCUT2D eigenvalue weighted by atomic mass is 10.1. The van der Waals surface area contributed by atoms with E-state index in [-0.39, 0.29) is 5.69 Å². The fourth-order valence-electron chi connectivity index (χ4n) is 2.20. The number of aliphatic imine (C=N–C) groups is 1. The van der Waals surface area contributed by atoms with Crippen molar-refractivity contribution in [3.05, 3.63) is 34.4 Å². The van der Waals surface area contributed by atoms with Gasteiger partial charge in [0.1, 0.15) is 5.84 Å². The number of piperidine rings is 1. The molecule has 0 aliphatic carbocycles. The first kappa shape index (κ1) is 13.5. The SMILES string of the molecule is NC(CN1CCCCC1)=Nc1ccc([N+](=O)[O-])cc1. The normalized spacial score (nSPS) is 17.4. The van der Waals surface area contributed by atoms with E-state index in [4.69, 9.17) is 5.73 Å². The Labute approximate surface area is 112 Å². The number of nitro groups is 1. The van der Waals surface area contributed by atoms with E-state index in [1.807, 2.05) is 0 Å². The Kier molecular flexibility index (Phi) is 4.46. The van der Waals surface area contributed by atoms with Gasteiger partial charge in [0.25, 0.3) is 5.69 Å². The van der Waals surface area contributed by atoms with Gasteiger partial charge < -0.3 is 5.73 Å². The summed E-state index contributed by atoms with van der Waals surface area (Å²) in [7, 11) is 0. The highest BCUT2D eigenvalue weighted by molar-refractivity contribution is 5.85. The number of likely N-dealkylation sites (tertiary alicyclic amines) is 1. The van der Waals surface area contributed by atoms with Crippen LogP contribution in [0.3, 0.4) is 0 Å². The predicted molar refractivity (Wildman–Crippen MR) is 74.7 cm³/mol. The largest absolute Gasteiger partial charge is 0.386 e. The van der Waals surface area contributed by atoms with Crippen LogP contribution in [0.2, 0.25) is 0 Å². The van der Waals surface area contributed by atoms with Crippen molar-refractivity contribution in [2.45, 2.75) is 19.3 Å². The molecule has 0 amide bonds. The molecule has 102 valence electrons. The number of non-ortho nitro benzene ring substituents is 1. The maximum Gasteiger partial charge on any atom is 0.269 e. The second-order valence-corrected chi connectivity index (χ2v) is 4.71. The van der Waals surface area contributed by atoms with Crippen LogP contribution in [-0.4, -0.2) is 35.3 Å². The Morgan fingerprint density at radius 1 is 1.26 bits per heavy atom. The summed E-state index contributed by atoms with van der Waals surface area (Å²) in [6, 6.07) is 6.10. The monoisotopic (exact) mass is 262 g/mol. The molecule has 0 saturated carbocycles. The summed E-state index contributed by atoms with van der Waals surface area (Å²) in [5.41, 5.74) is 6.63. The van der Waals surface area contributed by atoms with Crippen molar-refractivity contribution < 1.29 is 4.92 Å². The topological polar surface area (TPSA) is 84.8 Å². The summed E-state index contributed by atoms with van der Waals surface area (Å²) < 4.78 is 0. The second kappa shape index (κ2) is 6.29. The second-order valence-electron chi connectivity index (χ2n) is 4.71. The molecule has 1 aliphatic rings. The summed E-state index contributed by atoms with van der Waals surface area (Å²) in [6.07, 6.45) is 3.71. The van der Waals surface area contributed by atoms with Gasteiger partial charge in [-0.2, -0.15) is 0 Å². The third-order valence-electron chi connectivity index (χ3n) is 3.17. The zero-order chi connectivity index (χ0) is 13.7. The molecule has 1 aromatic rings. The number of rotatable bonds is 4. The van der Waals surface area contributed by atoms with E-state index in [0.29, 0.717) is 18.1 Å². The van der Waals surface area contributed by atoms with Crippen LogP contribution in [0.4, 0.5) is 11.4 Å². The molecule has 1 aromatic carbocycles. The van der Waals surface area contributed by atoms with E-state index in [9.17, 15) is 10.1 Å². The zero-order valence-electron chi connectivity index (χ0n) is 10.8. The molecule has 2 N–H and O–H groups in total. The molecule has 1 fully saturated rings. The maximum absolute atomic E-state index is 10.5. The van der Waals surface area contributed by atoms with Gasteiger partial charge in [-0.3, -0.25) is 15.0 Å². The highest BCUT2D eigenvalue weighted by atomic mass is 16.6. The van der Waals surface area contributed by atoms with Gasteiger partial charge in [0.2, 0.25) is 0 Å². The predicted octanol–water partition coefficient (Wildman–Crippen LogP) is 2.07. The lowest BCUT2D eigenvalue weighted by Crippen LogP contribution is -2.37. The smallest absolute Gasteiger partial charge is 0.269 e. The lowest BCUT2D eigenvalue weighted by Gasteiger charge is -2.25. The van der Waals surface area contributed by atoms with Crippen LogP contribution in [0.15, 0.2) is 29.3 Å². The Morgan fingerprint density at radius 2 is 1.89 bits per heavy atom. The number of hydrogen-bond acceptors (Lipinski definition) is 4. The molecular formula is C13H18N4O2. The van der Waals surface area contributed by atoms with Crippen molar-refractivity contribution in [1.82, 2.24) is 4.90 Å². The van der Waals surface area contributed by atoms with Gasteiger partial charge in [-0.1, -0.05) is 6.42 Å². The number of nitrogens with two attached hydrogens (primary N) is 1. The zero-order valence-corrected chi connectivity index (χ0v) is 10.8. The van der Waals surface area contributed by atoms with Gasteiger partial charge >= 0.3 is 0 Å². The number of benzene rings is 1. The summed E-state index contributed by atoms with van der Waals surface area (Å²) in [6.45, 7) is 2.80. The molecule has 19 heavy (non-hydrogen) atoms. The number of nitro benzene ring substituents is 1. The summed E-state index contributed by atoms with van der Waals surface area (Å²) >= 11 is 0. The van der Waals surface area contributed by atoms with Crippen LogP contribution in [0, 0.1) is 10.1 Å². The van der Waals surface area contributed by atoms with Gasteiger partial charge in [0, 0.05) is 12.1 Å². The van der Waals surface area contributed by atoms with Crippen LogP contribution in [0.5, 0.6) is 0 Å². The average molecular weight is 262 g/mol. The standard InChI is InChI=1S/C13H18N4O2/c14-13(10-16-8-2-1-3-9-16)15-11-4-6-12(7-5-11)17(18)19/h4-7H,1-3,8-10H2,(H2,14,15). The molecule has 0 bridgehead atoms. The van der Waals surface area contributed by atoms with Crippen LogP contribution in [-0.2, 0) is 0 Å². The third-order valence-corrected chi connectivity index (χ3v) is 3.17. The van der Waals surface area contributed by atoms with E-state index >= 15 is 0 Å². The van der Waals surface area contributed by atoms with Gasteiger partial charge in [0.15, 0.2) is 0 Å². The van der Waals surface area contributed by atoms with E-state index in [0.717, 1.165) is 13.1 Å². The van der Waals surface area contributed by atoms with Gasteiger partial charge in [-0.15, -0.1) is 0 Å². The van der Waals surface area contributed by atoms with Gasteiger partial charge in [-0.25, -0.2) is 4.99 Å². The highest BCUT2D eigenvalue weighted by Crippen LogP contribution is 2.18. The highest BCUT2D eigenvalue weighted by Gasteiger charge is 2.11. The van der Waals surface area contributed by atoms with Crippen LogP contribution in [0.1, 0.15) is 19.3 Å². The summed E-state index contributed by atoms with van der Waals surface area (Å²) in [5, 5.41) is 10.5. The lowest BCUT2D eigenvalue weighted by molar-refractivity contribution is -0.384. The molecule has 1 saturated heterocycles. The first-order valence-electron chi connectivity index (χ1n) is 6.45. The van der Waals surface area contributed by atoms with Crippen LogP contribution >= 0.6 is 0 Å². The first-order valence-corrected chi connectivity index (χ1v) is 6.45. The minimum Gasteiger partial charge on any atom is -0.386 e. The van der Waals surface area contributed by atoms with Crippen molar-refractivity contribution in [2.75, 3.05) is 19.6 Å². The Bertz CT molecular complexity index is 464. The van der Waals surface area contributed by atoms with Crippen molar-refractivity contribution in [1.29, 1.82) is 0 Å². The first-order chi connectivity index (χ1) is 9.15. The van der Waals surface area contributed by atoms with Gasteiger partial charge in [-0.05, 0) is 38.1 Å². The minimum absolute atomic E-state index is 0.0635. The fraction of sp³-hybridized carbons (Fsp3) is 0.462. The van der Waals surface area contributed by atoms with Crippen molar-refractivity contribution in [3.8, 4) is 0 Å². The minimum atomic E-state index is -0.426. The van der Waals surface area contributed by atoms with Crippen molar-refractivity contribution >= 4 is 17.2 Å². The molecule has 6 heteroatoms. The third kappa shape index (κ3) is 4.03. The van der Waals surface area contributed by atoms with E-state index < -0.39 is 4.92 Å². The van der Waals surface area contributed by atoms with E-state index in [2.05, 4.69) is 9.89 Å². The maximum atomic E-state index is 10.5. The Morgan fingerprint density at radius 3 is 2.47 bits per heavy atom. The summed E-state index contributed by atoms with van der Waals surface area (Å²) in [5.74, 6) is 0.552. The quantitative estimate of drug-likeness (QED) is 0.389. The van der Waals surface area contributed by atoms with Crippen LogP contribution in [0.25, 0.3) is 0 Å². The Balaban J connectivity index is 1.97. The molecular weight excluding hydrogens is 244 g/mol. The number of hydrogen-bond donors (Lipinski definition) is 1. The molecule has 0 unspecified atom stereocenters. The van der Waals surface area contributed by atoms with Crippen LogP contribution < -0.4 is 5.73 Å². The van der Waals surface area contributed by atoms with Crippen molar-refractivity contribution in [3.63, 3.8) is 0 Å². The molecule has 0 aromatic heterocycles. The van der Waals surface area contributed by atoms with E-state index in [1.54, 1.807) is 12.1 Å². The molecule has 0 atom stereocenters. The summed E-state index contributed by atoms with van der Waals surface area (Å²) in [4.78, 5) is 16.7. The van der Waals surface area contributed by atoms with Crippen molar-refractivity contribution in [2.24, 2.45) is 10.7 Å². The fourth-order valence-corrected chi connectivity index (χ4v) is 2.20. The number of amidine groups is 1. The molecule has 0 radical (unpaired) electrons. The average Bonchev–Trinajstić information content (AvgIpc) is 2.40. The van der Waals surface area contributed by atoms with Gasteiger partial charge in [0.05, 0.1) is 17.2 Å². The molecule has 2 rings (SSSR count). The molecule has 1 aliphatic heterocycles. The molecule has 1 heterocycles.